The van der Waals surface area contributed by atoms with Crippen molar-refractivity contribution in [2.75, 3.05) is 0 Å². The Morgan fingerprint density at radius 3 is 1.36 bits per heavy atom. The van der Waals surface area contributed by atoms with E-state index in [0.717, 1.165) is 29.2 Å². The van der Waals surface area contributed by atoms with Crippen molar-refractivity contribution in [1.29, 1.82) is 0 Å². The van der Waals surface area contributed by atoms with E-state index < -0.39 is 12.6 Å². The SMILES string of the molecule is CCC(F)(F)F.Oc1c(-c2ccccc2)cccc1-c1ccccc1. The van der Waals surface area contributed by atoms with Crippen molar-refractivity contribution >= 4 is 0 Å². The number of phenols is 1. The van der Waals surface area contributed by atoms with E-state index in [4.69, 9.17) is 0 Å². The van der Waals surface area contributed by atoms with Gasteiger partial charge in [-0.15, -0.1) is 0 Å². The van der Waals surface area contributed by atoms with E-state index >= 15 is 0 Å². The van der Waals surface area contributed by atoms with E-state index in [1.807, 2.05) is 78.9 Å². The van der Waals surface area contributed by atoms with Gasteiger partial charge in [0, 0.05) is 17.5 Å². The molecule has 0 aliphatic heterocycles. The largest absolute Gasteiger partial charge is 0.507 e. The third-order valence-corrected chi connectivity index (χ3v) is 3.61. The number of rotatable bonds is 2. The summed E-state index contributed by atoms with van der Waals surface area (Å²) in [6, 6.07) is 25.7. The lowest BCUT2D eigenvalue weighted by Gasteiger charge is -2.10. The molecule has 0 unspecified atom stereocenters. The number of hydrogen-bond donors (Lipinski definition) is 1. The predicted octanol–water partition coefficient (Wildman–Crippen LogP) is 6.68. The molecule has 0 aliphatic rings. The van der Waals surface area contributed by atoms with Crippen LogP contribution in [0.15, 0.2) is 78.9 Å². The number of aromatic hydroxyl groups is 1. The lowest BCUT2D eigenvalue weighted by atomic mass is 9.97. The molecule has 0 aliphatic carbocycles. The zero-order valence-corrected chi connectivity index (χ0v) is 13.8. The van der Waals surface area contributed by atoms with E-state index in [9.17, 15) is 18.3 Å². The van der Waals surface area contributed by atoms with E-state index in [-0.39, 0.29) is 0 Å². The lowest BCUT2D eigenvalue weighted by molar-refractivity contribution is -0.130. The second-order valence-electron chi connectivity index (χ2n) is 5.40. The highest BCUT2D eigenvalue weighted by molar-refractivity contribution is 5.81. The number of benzene rings is 3. The standard InChI is InChI=1S/C18H14O.C3H5F3/c19-18-16(14-8-3-1-4-9-14)12-7-13-17(18)15-10-5-2-6-11-15;1-2-3(4,5)6/h1-13,19H;2H2,1H3. The van der Waals surface area contributed by atoms with Crippen LogP contribution in [0.2, 0.25) is 0 Å². The van der Waals surface area contributed by atoms with Crippen LogP contribution in [-0.4, -0.2) is 11.3 Å². The van der Waals surface area contributed by atoms with Crippen LogP contribution in [0.5, 0.6) is 5.75 Å². The second kappa shape index (κ2) is 8.38. The lowest BCUT2D eigenvalue weighted by Crippen LogP contribution is -2.02. The molecule has 130 valence electrons. The molecule has 0 fully saturated rings. The molecule has 1 nitrogen and oxygen atoms in total. The minimum atomic E-state index is -3.96. The van der Waals surface area contributed by atoms with Gasteiger partial charge in [-0.1, -0.05) is 85.8 Å². The third kappa shape index (κ3) is 5.38. The number of hydrogen-bond acceptors (Lipinski definition) is 1. The van der Waals surface area contributed by atoms with Crippen molar-refractivity contribution in [3.05, 3.63) is 78.9 Å². The maximum atomic E-state index is 10.8. The first-order valence-electron chi connectivity index (χ1n) is 7.92. The van der Waals surface area contributed by atoms with Gasteiger partial charge in [0.05, 0.1) is 0 Å². The van der Waals surface area contributed by atoms with Crippen LogP contribution in [0.3, 0.4) is 0 Å². The summed E-state index contributed by atoms with van der Waals surface area (Å²) >= 11 is 0. The van der Waals surface area contributed by atoms with Gasteiger partial charge in [-0.05, 0) is 11.1 Å². The number of alkyl halides is 3. The van der Waals surface area contributed by atoms with Gasteiger partial charge < -0.3 is 5.11 Å². The summed E-state index contributed by atoms with van der Waals surface area (Å²) in [6.45, 7) is 1.08. The summed E-state index contributed by atoms with van der Waals surface area (Å²) in [5.41, 5.74) is 3.78. The zero-order valence-electron chi connectivity index (χ0n) is 13.8. The van der Waals surface area contributed by atoms with Gasteiger partial charge in [-0.25, -0.2) is 0 Å². The first-order valence-corrected chi connectivity index (χ1v) is 7.92. The summed E-state index contributed by atoms with van der Waals surface area (Å²) in [5.74, 6) is 0.333. The Kier molecular flexibility index (Phi) is 6.23. The summed E-state index contributed by atoms with van der Waals surface area (Å²) in [4.78, 5) is 0. The molecular formula is C21H19F3O. The molecule has 1 N–H and O–H groups in total. The quantitative estimate of drug-likeness (QED) is 0.549. The van der Waals surface area contributed by atoms with Crippen LogP contribution in [-0.2, 0) is 0 Å². The summed E-state index contributed by atoms with van der Waals surface area (Å²) in [7, 11) is 0. The normalized spacial score (nSPS) is 10.7. The van der Waals surface area contributed by atoms with Crippen molar-refractivity contribution in [2.24, 2.45) is 0 Å². The molecule has 0 spiro atoms. The Morgan fingerprint density at radius 1 is 0.680 bits per heavy atom. The van der Waals surface area contributed by atoms with E-state index in [0.29, 0.717) is 5.75 Å². The third-order valence-electron chi connectivity index (χ3n) is 3.61. The van der Waals surface area contributed by atoms with Crippen LogP contribution >= 0.6 is 0 Å². The molecule has 0 radical (unpaired) electrons. The van der Waals surface area contributed by atoms with Gasteiger partial charge in [0.1, 0.15) is 5.75 Å². The van der Waals surface area contributed by atoms with E-state index in [2.05, 4.69) is 0 Å². The fourth-order valence-electron chi connectivity index (χ4n) is 2.24. The molecule has 0 aromatic heterocycles. The first kappa shape index (κ1) is 18.6. The summed E-state index contributed by atoms with van der Waals surface area (Å²) < 4.78 is 32.4. The van der Waals surface area contributed by atoms with Crippen molar-refractivity contribution < 1.29 is 18.3 Å². The first-order chi connectivity index (χ1) is 11.9. The molecule has 0 heterocycles. The predicted molar refractivity (Wildman–Crippen MR) is 95.3 cm³/mol. The summed E-state index contributed by atoms with van der Waals surface area (Å²) in [6.07, 6.45) is -4.69. The maximum Gasteiger partial charge on any atom is 0.388 e. The Labute approximate surface area is 145 Å². The van der Waals surface area contributed by atoms with E-state index in [1.54, 1.807) is 0 Å². The average Bonchev–Trinajstić information content (AvgIpc) is 2.63. The minimum absolute atomic E-state index is 0.333. The maximum absolute atomic E-state index is 10.8. The molecule has 3 aromatic carbocycles. The highest BCUT2D eigenvalue weighted by atomic mass is 19.4. The Morgan fingerprint density at radius 2 is 1.04 bits per heavy atom. The van der Waals surface area contributed by atoms with Crippen LogP contribution in [0.1, 0.15) is 13.3 Å². The molecule has 0 atom stereocenters. The molecule has 3 aromatic rings. The highest BCUT2D eigenvalue weighted by Gasteiger charge is 2.22. The molecule has 0 bridgehead atoms. The Balaban J connectivity index is 0.000000326. The van der Waals surface area contributed by atoms with Crippen LogP contribution in [0, 0.1) is 0 Å². The fraction of sp³-hybridized carbons (Fsp3) is 0.143. The van der Waals surface area contributed by atoms with Crippen molar-refractivity contribution in [3.8, 4) is 28.0 Å². The van der Waals surface area contributed by atoms with Crippen molar-refractivity contribution in [3.63, 3.8) is 0 Å². The number of para-hydroxylation sites is 1. The number of halogens is 3. The van der Waals surface area contributed by atoms with Crippen LogP contribution < -0.4 is 0 Å². The van der Waals surface area contributed by atoms with E-state index in [1.165, 1.54) is 0 Å². The van der Waals surface area contributed by atoms with Crippen molar-refractivity contribution in [1.82, 2.24) is 0 Å². The molecule has 3 rings (SSSR count). The molecule has 0 amide bonds. The smallest absolute Gasteiger partial charge is 0.388 e. The van der Waals surface area contributed by atoms with Gasteiger partial charge >= 0.3 is 6.18 Å². The fourth-order valence-corrected chi connectivity index (χ4v) is 2.24. The molecule has 0 saturated carbocycles. The van der Waals surface area contributed by atoms with Gasteiger partial charge in [-0.2, -0.15) is 13.2 Å². The molecule has 0 saturated heterocycles. The van der Waals surface area contributed by atoms with Crippen LogP contribution in [0.25, 0.3) is 22.3 Å². The minimum Gasteiger partial charge on any atom is -0.507 e. The topological polar surface area (TPSA) is 20.2 Å². The van der Waals surface area contributed by atoms with Gasteiger partial charge in [0.25, 0.3) is 0 Å². The second-order valence-corrected chi connectivity index (χ2v) is 5.40. The van der Waals surface area contributed by atoms with Gasteiger partial charge in [0.2, 0.25) is 0 Å². The van der Waals surface area contributed by atoms with Gasteiger partial charge in [0.15, 0.2) is 0 Å². The Hall–Kier alpha value is -2.75. The number of phenolic OH excluding ortho intramolecular Hbond substituents is 1. The highest BCUT2D eigenvalue weighted by Crippen LogP contribution is 2.37. The summed E-state index contributed by atoms with van der Waals surface area (Å²) in [5, 5.41) is 10.5. The molecular weight excluding hydrogens is 325 g/mol. The molecule has 4 heteroatoms. The van der Waals surface area contributed by atoms with Crippen LogP contribution in [0.4, 0.5) is 13.2 Å². The molecule has 25 heavy (non-hydrogen) atoms. The average molecular weight is 344 g/mol. The monoisotopic (exact) mass is 344 g/mol. The zero-order chi connectivity index (χ0) is 18.3. The Bertz CT molecular complexity index is 723. The van der Waals surface area contributed by atoms with Gasteiger partial charge in [-0.3, -0.25) is 0 Å². The van der Waals surface area contributed by atoms with Crippen molar-refractivity contribution in [2.45, 2.75) is 19.5 Å².